The summed E-state index contributed by atoms with van der Waals surface area (Å²) >= 11 is 5.93. The van der Waals surface area contributed by atoms with Gasteiger partial charge in [0.2, 0.25) is 0 Å². The third-order valence-corrected chi connectivity index (χ3v) is 5.74. The smallest absolute Gasteiger partial charge is 0.355 e. The van der Waals surface area contributed by atoms with Crippen LogP contribution in [0.5, 0.6) is 0 Å². The zero-order valence-corrected chi connectivity index (χ0v) is 15.4. The number of pyridine rings is 2. The number of likely N-dealkylation sites (tertiary alicyclic amines) is 1. The van der Waals surface area contributed by atoms with Crippen molar-refractivity contribution in [1.29, 1.82) is 0 Å². The van der Waals surface area contributed by atoms with Crippen LogP contribution in [0.25, 0.3) is 0 Å². The summed E-state index contributed by atoms with van der Waals surface area (Å²) < 4.78 is 38.0. The third-order valence-electron chi connectivity index (χ3n) is 5.51. The quantitative estimate of drug-likeness (QED) is 0.776. The van der Waals surface area contributed by atoms with Gasteiger partial charge in [0.15, 0.2) is 0 Å². The van der Waals surface area contributed by atoms with Crippen molar-refractivity contribution >= 4 is 17.4 Å². The minimum atomic E-state index is -4.40. The van der Waals surface area contributed by atoms with Crippen LogP contribution in [0.3, 0.4) is 0 Å². The molecule has 4 heterocycles. The predicted molar refractivity (Wildman–Crippen MR) is 97.6 cm³/mol. The van der Waals surface area contributed by atoms with E-state index in [4.69, 9.17) is 11.6 Å². The van der Waals surface area contributed by atoms with E-state index in [-0.39, 0.29) is 0 Å². The molecule has 2 aromatic heterocycles. The van der Waals surface area contributed by atoms with Crippen molar-refractivity contribution in [2.45, 2.75) is 31.6 Å². The maximum Gasteiger partial charge on any atom is 0.433 e. The Kier molecular flexibility index (Phi) is 4.99. The lowest BCUT2D eigenvalue weighted by molar-refractivity contribution is -0.141. The van der Waals surface area contributed by atoms with Gasteiger partial charge in [-0.25, -0.2) is 4.98 Å². The molecule has 4 rings (SSSR count). The molecule has 0 N–H and O–H groups in total. The molecule has 0 bridgehead atoms. The Bertz CT molecular complexity index is 779. The number of rotatable bonds is 3. The number of anilines is 1. The van der Waals surface area contributed by atoms with E-state index in [0.29, 0.717) is 23.5 Å². The van der Waals surface area contributed by atoms with Crippen LogP contribution in [0.2, 0.25) is 5.02 Å². The van der Waals surface area contributed by atoms with Crippen molar-refractivity contribution in [1.82, 2.24) is 14.9 Å². The molecule has 2 saturated heterocycles. The SMILES string of the molecule is FC(F)(F)c1ccc(CN2CCC3CCN(c4ccc(Cl)cn4)CC32)cn1. The molecule has 0 aliphatic carbocycles. The van der Waals surface area contributed by atoms with E-state index < -0.39 is 11.9 Å². The van der Waals surface area contributed by atoms with Crippen molar-refractivity contribution < 1.29 is 13.2 Å². The Morgan fingerprint density at radius 2 is 1.85 bits per heavy atom. The Hall–Kier alpha value is -1.86. The molecule has 8 heteroatoms. The lowest BCUT2D eigenvalue weighted by Gasteiger charge is -2.39. The summed E-state index contributed by atoms with van der Waals surface area (Å²) in [7, 11) is 0. The van der Waals surface area contributed by atoms with Crippen molar-refractivity contribution in [2.24, 2.45) is 5.92 Å². The summed E-state index contributed by atoms with van der Waals surface area (Å²) in [4.78, 5) is 12.6. The summed E-state index contributed by atoms with van der Waals surface area (Å²) in [6.45, 7) is 3.41. The first-order valence-corrected chi connectivity index (χ1v) is 9.40. The second-order valence-electron chi connectivity index (χ2n) is 7.21. The van der Waals surface area contributed by atoms with Crippen LogP contribution < -0.4 is 4.90 Å². The van der Waals surface area contributed by atoms with Crippen LogP contribution in [0.4, 0.5) is 19.0 Å². The zero-order valence-electron chi connectivity index (χ0n) is 14.7. The minimum absolute atomic E-state index is 0.374. The number of fused-ring (bicyclic) bond motifs is 1. The van der Waals surface area contributed by atoms with E-state index in [9.17, 15) is 13.2 Å². The summed E-state index contributed by atoms with van der Waals surface area (Å²) in [5.41, 5.74) is -0.0337. The van der Waals surface area contributed by atoms with E-state index in [1.54, 1.807) is 6.20 Å². The van der Waals surface area contributed by atoms with Gasteiger partial charge in [0.1, 0.15) is 11.5 Å². The van der Waals surface area contributed by atoms with Gasteiger partial charge in [-0.2, -0.15) is 13.2 Å². The Morgan fingerprint density at radius 3 is 2.52 bits per heavy atom. The first-order valence-electron chi connectivity index (χ1n) is 9.03. The molecule has 2 fully saturated rings. The number of hydrogen-bond acceptors (Lipinski definition) is 4. The van der Waals surface area contributed by atoms with Gasteiger partial charge in [-0.05, 0) is 49.1 Å². The standard InChI is InChI=1S/C19H20ClF3N4/c20-15-2-4-18(25-10-15)27-8-6-14-5-7-26(16(14)12-27)11-13-1-3-17(24-9-13)19(21,22)23/h1-4,9-10,14,16H,5-8,11-12H2. The average molecular weight is 397 g/mol. The fourth-order valence-electron chi connectivity index (χ4n) is 4.11. The average Bonchev–Trinajstić information content (AvgIpc) is 3.04. The number of nitrogens with zero attached hydrogens (tertiary/aromatic N) is 4. The lowest BCUT2D eigenvalue weighted by atomic mass is 9.92. The van der Waals surface area contributed by atoms with Gasteiger partial charge in [-0.15, -0.1) is 0 Å². The van der Waals surface area contributed by atoms with Crippen LogP contribution in [0, 0.1) is 5.92 Å². The zero-order chi connectivity index (χ0) is 19.0. The van der Waals surface area contributed by atoms with E-state index in [2.05, 4.69) is 19.8 Å². The van der Waals surface area contributed by atoms with Gasteiger partial charge in [0, 0.05) is 38.1 Å². The Balaban J connectivity index is 1.44. The monoisotopic (exact) mass is 396 g/mol. The molecule has 2 atom stereocenters. The largest absolute Gasteiger partial charge is 0.433 e. The van der Waals surface area contributed by atoms with Crippen molar-refractivity contribution in [3.05, 3.63) is 52.9 Å². The summed E-state index contributed by atoms with van der Waals surface area (Å²) in [5.74, 6) is 1.54. The topological polar surface area (TPSA) is 32.3 Å². The molecule has 0 spiro atoms. The number of alkyl halides is 3. The molecule has 27 heavy (non-hydrogen) atoms. The molecule has 2 aliphatic heterocycles. The number of aromatic nitrogens is 2. The van der Waals surface area contributed by atoms with E-state index >= 15 is 0 Å². The van der Waals surface area contributed by atoms with Gasteiger partial charge >= 0.3 is 6.18 Å². The molecule has 0 saturated carbocycles. The third kappa shape index (κ3) is 4.04. The molecule has 2 aromatic rings. The lowest BCUT2D eigenvalue weighted by Crippen LogP contribution is -2.48. The van der Waals surface area contributed by atoms with E-state index in [1.807, 2.05) is 12.1 Å². The first-order chi connectivity index (χ1) is 12.9. The highest BCUT2D eigenvalue weighted by Crippen LogP contribution is 2.34. The molecule has 0 aromatic carbocycles. The highest BCUT2D eigenvalue weighted by Gasteiger charge is 2.38. The van der Waals surface area contributed by atoms with Gasteiger partial charge < -0.3 is 4.90 Å². The molecule has 2 aliphatic rings. The molecule has 144 valence electrons. The molecule has 0 radical (unpaired) electrons. The van der Waals surface area contributed by atoms with Gasteiger partial charge in [0.25, 0.3) is 0 Å². The van der Waals surface area contributed by atoms with Crippen LogP contribution in [0.15, 0.2) is 36.7 Å². The maximum absolute atomic E-state index is 12.7. The minimum Gasteiger partial charge on any atom is -0.355 e. The molecule has 2 unspecified atom stereocenters. The summed E-state index contributed by atoms with van der Waals surface area (Å²) in [6, 6.07) is 6.74. The molecular formula is C19H20ClF3N4. The normalized spacial score (nSPS) is 23.5. The first kappa shape index (κ1) is 18.5. The van der Waals surface area contributed by atoms with Gasteiger partial charge in [0.05, 0.1) is 5.02 Å². The van der Waals surface area contributed by atoms with Crippen LogP contribution in [-0.2, 0) is 12.7 Å². The fourth-order valence-corrected chi connectivity index (χ4v) is 4.22. The maximum atomic E-state index is 12.7. The molecule has 0 amide bonds. The number of halogens is 4. The van der Waals surface area contributed by atoms with Crippen LogP contribution in [0.1, 0.15) is 24.1 Å². The Morgan fingerprint density at radius 1 is 1.04 bits per heavy atom. The van der Waals surface area contributed by atoms with E-state index in [1.165, 1.54) is 12.3 Å². The number of hydrogen-bond donors (Lipinski definition) is 0. The van der Waals surface area contributed by atoms with Gasteiger partial charge in [-0.1, -0.05) is 17.7 Å². The molecular weight excluding hydrogens is 377 g/mol. The van der Waals surface area contributed by atoms with Crippen LogP contribution >= 0.6 is 11.6 Å². The Labute approximate surface area is 161 Å². The second kappa shape index (κ2) is 7.28. The van der Waals surface area contributed by atoms with Crippen molar-refractivity contribution in [2.75, 3.05) is 24.5 Å². The second-order valence-corrected chi connectivity index (χ2v) is 7.64. The summed E-state index contributed by atoms with van der Waals surface area (Å²) in [5, 5.41) is 0.617. The molecule has 4 nitrogen and oxygen atoms in total. The van der Waals surface area contributed by atoms with E-state index in [0.717, 1.165) is 49.9 Å². The van der Waals surface area contributed by atoms with Gasteiger partial charge in [-0.3, -0.25) is 9.88 Å². The number of piperidine rings is 1. The highest BCUT2D eigenvalue weighted by atomic mass is 35.5. The highest BCUT2D eigenvalue weighted by molar-refractivity contribution is 6.30. The summed E-state index contributed by atoms with van der Waals surface area (Å²) in [6.07, 6.45) is 0.824. The van der Waals surface area contributed by atoms with Crippen molar-refractivity contribution in [3.8, 4) is 0 Å². The van der Waals surface area contributed by atoms with Crippen molar-refractivity contribution in [3.63, 3.8) is 0 Å². The van der Waals surface area contributed by atoms with Crippen LogP contribution in [-0.4, -0.2) is 40.5 Å². The fraction of sp³-hybridized carbons (Fsp3) is 0.474. The predicted octanol–water partition coefficient (Wildman–Crippen LogP) is 4.25.